The molecule has 2 aliphatic rings. The molecule has 2 aromatic rings. The van der Waals surface area contributed by atoms with E-state index in [-0.39, 0.29) is 0 Å². The highest BCUT2D eigenvalue weighted by Crippen LogP contribution is 2.31. The summed E-state index contributed by atoms with van der Waals surface area (Å²) in [4.78, 5) is 4.42. The van der Waals surface area contributed by atoms with Crippen LogP contribution in [0.5, 0.6) is 11.5 Å². The fourth-order valence-electron chi connectivity index (χ4n) is 4.22. The molecule has 1 N–H and O–H groups in total. The zero-order chi connectivity index (χ0) is 19.7. The Balaban J connectivity index is 1.53. The Kier molecular flexibility index (Phi) is 5.32. The largest absolute Gasteiger partial charge is 0.493 e. The average Bonchev–Trinajstić information content (AvgIpc) is 2.99. The normalized spacial score (nSPS) is 18.6. The SMILES string of the molecule is CN(C)C[C@@](C)(O)c1ccc2c(c1)CN(Cc1ccc3c(c1)CCO3)CCO2. The predicted molar refractivity (Wildman–Crippen MR) is 110 cm³/mol. The molecule has 0 saturated heterocycles. The first-order chi connectivity index (χ1) is 13.4. The van der Waals surface area contributed by atoms with Gasteiger partial charge in [-0.15, -0.1) is 0 Å². The molecule has 0 amide bonds. The van der Waals surface area contributed by atoms with Crippen LogP contribution in [-0.4, -0.2) is 55.3 Å². The third kappa shape index (κ3) is 4.17. The smallest absolute Gasteiger partial charge is 0.123 e. The van der Waals surface area contributed by atoms with Crippen LogP contribution in [0.3, 0.4) is 0 Å². The van der Waals surface area contributed by atoms with Gasteiger partial charge in [0.2, 0.25) is 0 Å². The average molecular weight is 383 g/mol. The molecule has 28 heavy (non-hydrogen) atoms. The lowest BCUT2D eigenvalue weighted by molar-refractivity contribution is 0.0299. The highest BCUT2D eigenvalue weighted by Gasteiger charge is 2.26. The van der Waals surface area contributed by atoms with Crippen LogP contribution in [0.4, 0.5) is 0 Å². The molecule has 4 rings (SSSR count). The number of hydrogen-bond donors (Lipinski definition) is 1. The van der Waals surface area contributed by atoms with Crippen LogP contribution >= 0.6 is 0 Å². The van der Waals surface area contributed by atoms with Crippen molar-refractivity contribution in [3.05, 3.63) is 58.7 Å². The second-order valence-electron chi connectivity index (χ2n) is 8.43. The van der Waals surface area contributed by atoms with Gasteiger partial charge in [0.05, 0.1) is 12.2 Å². The molecule has 0 saturated carbocycles. The first-order valence-corrected chi connectivity index (χ1v) is 10.0. The van der Waals surface area contributed by atoms with Gasteiger partial charge in [-0.25, -0.2) is 0 Å². The summed E-state index contributed by atoms with van der Waals surface area (Å²) in [5, 5.41) is 10.9. The molecule has 5 heteroatoms. The third-order valence-corrected chi connectivity index (χ3v) is 5.53. The van der Waals surface area contributed by atoms with Crippen LogP contribution in [0.25, 0.3) is 0 Å². The zero-order valence-corrected chi connectivity index (χ0v) is 17.1. The lowest BCUT2D eigenvalue weighted by Gasteiger charge is -2.28. The first-order valence-electron chi connectivity index (χ1n) is 10.0. The summed E-state index contributed by atoms with van der Waals surface area (Å²) in [6.07, 6.45) is 0.999. The van der Waals surface area contributed by atoms with E-state index in [9.17, 15) is 5.11 Å². The van der Waals surface area contributed by atoms with E-state index in [1.165, 1.54) is 11.1 Å². The molecule has 0 unspecified atom stereocenters. The van der Waals surface area contributed by atoms with Crippen molar-refractivity contribution < 1.29 is 14.6 Å². The van der Waals surface area contributed by atoms with E-state index in [1.54, 1.807) is 0 Å². The molecule has 0 aromatic heterocycles. The second-order valence-corrected chi connectivity index (χ2v) is 8.43. The van der Waals surface area contributed by atoms with E-state index >= 15 is 0 Å². The van der Waals surface area contributed by atoms with Crippen LogP contribution in [0.2, 0.25) is 0 Å². The van der Waals surface area contributed by atoms with Gasteiger partial charge >= 0.3 is 0 Å². The molecule has 2 aliphatic heterocycles. The van der Waals surface area contributed by atoms with Gasteiger partial charge in [0.25, 0.3) is 0 Å². The fraction of sp³-hybridized carbons (Fsp3) is 0.478. The van der Waals surface area contributed by atoms with E-state index in [0.29, 0.717) is 13.2 Å². The molecule has 5 nitrogen and oxygen atoms in total. The highest BCUT2D eigenvalue weighted by atomic mass is 16.5. The van der Waals surface area contributed by atoms with Gasteiger partial charge < -0.3 is 19.5 Å². The van der Waals surface area contributed by atoms with Gasteiger partial charge in [0.15, 0.2) is 0 Å². The van der Waals surface area contributed by atoms with Crippen molar-refractivity contribution in [3.63, 3.8) is 0 Å². The number of aliphatic hydroxyl groups is 1. The Labute approximate surface area is 167 Å². The number of ether oxygens (including phenoxy) is 2. The van der Waals surface area contributed by atoms with Crippen molar-refractivity contribution >= 4 is 0 Å². The Morgan fingerprint density at radius 2 is 1.79 bits per heavy atom. The maximum Gasteiger partial charge on any atom is 0.123 e. The van der Waals surface area contributed by atoms with Crippen LogP contribution in [-0.2, 0) is 25.1 Å². The van der Waals surface area contributed by atoms with Gasteiger partial charge in [-0.2, -0.15) is 0 Å². The van der Waals surface area contributed by atoms with Gasteiger partial charge in [-0.05, 0) is 55.9 Å². The Morgan fingerprint density at radius 1 is 1.04 bits per heavy atom. The standard InChI is InChI=1S/C23H30N2O3/c1-23(26,16-24(2)3)20-5-7-22-19(13-20)15-25(9-11-28-22)14-17-4-6-21-18(12-17)8-10-27-21/h4-7,12-13,26H,8-11,14-16H2,1-3H3/t23-/m1/s1. The topological polar surface area (TPSA) is 45.2 Å². The summed E-state index contributed by atoms with van der Waals surface area (Å²) in [5.74, 6) is 1.95. The van der Waals surface area contributed by atoms with Gasteiger partial charge in [-0.1, -0.05) is 18.2 Å². The lowest BCUT2D eigenvalue weighted by atomic mass is 9.93. The minimum absolute atomic E-state index is 0.577. The van der Waals surface area contributed by atoms with E-state index in [0.717, 1.165) is 55.3 Å². The Hall–Kier alpha value is -2.08. The lowest BCUT2D eigenvalue weighted by Crippen LogP contribution is -2.34. The van der Waals surface area contributed by atoms with Crippen LogP contribution < -0.4 is 9.47 Å². The minimum Gasteiger partial charge on any atom is -0.493 e. The van der Waals surface area contributed by atoms with Crippen molar-refractivity contribution in [1.82, 2.24) is 9.80 Å². The summed E-state index contributed by atoms with van der Waals surface area (Å²) in [6.45, 7) is 6.49. The summed E-state index contributed by atoms with van der Waals surface area (Å²) >= 11 is 0. The monoisotopic (exact) mass is 382 g/mol. The molecule has 2 aromatic carbocycles. The summed E-state index contributed by atoms with van der Waals surface area (Å²) in [5.41, 5.74) is 3.79. The van der Waals surface area contributed by atoms with Gasteiger partial charge in [-0.3, -0.25) is 4.90 Å². The molecule has 0 aliphatic carbocycles. The Morgan fingerprint density at radius 3 is 2.61 bits per heavy atom. The molecular weight excluding hydrogens is 352 g/mol. The van der Waals surface area contributed by atoms with E-state index in [4.69, 9.17) is 9.47 Å². The van der Waals surface area contributed by atoms with Crippen molar-refractivity contribution in [2.45, 2.75) is 32.0 Å². The van der Waals surface area contributed by atoms with Crippen LogP contribution in [0.15, 0.2) is 36.4 Å². The Bertz CT molecular complexity index is 848. The van der Waals surface area contributed by atoms with Crippen LogP contribution in [0, 0.1) is 0 Å². The molecule has 0 bridgehead atoms. The van der Waals surface area contributed by atoms with E-state index in [1.807, 2.05) is 38.1 Å². The van der Waals surface area contributed by atoms with Crippen molar-refractivity contribution in [1.29, 1.82) is 0 Å². The maximum absolute atomic E-state index is 10.9. The molecule has 1 atom stereocenters. The number of hydrogen-bond acceptors (Lipinski definition) is 5. The van der Waals surface area contributed by atoms with Gasteiger partial charge in [0.1, 0.15) is 18.1 Å². The fourth-order valence-corrected chi connectivity index (χ4v) is 4.22. The second kappa shape index (κ2) is 7.74. The number of benzene rings is 2. The minimum atomic E-state index is -0.893. The van der Waals surface area contributed by atoms with E-state index < -0.39 is 5.60 Å². The highest BCUT2D eigenvalue weighted by molar-refractivity contribution is 5.41. The third-order valence-electron chi connectivity index (χ3n) is 5.53. The first kappa shape index (κ1) is 19.2. The molecule has 0 radical (unpaired) electrons. The summed E-state index contributed by atoms with van der Waals surface area (Å²) in [6, 6.07) is 12.6. The summed E-state index contributed by atoms with van der Waals surface area (Å²) in [7, 11) is 3.95. The predicted octanol–water partition coefficient (Wildman–Crippen LogP) is 2.79. The van der Waals surface area contributed by atoms with E-state index in [2.05, 4.69) is 29.2 Å². The molecule has 2 heterocycles. The van der Waals surface area contributed by atoms with Crippen molar-refractivity contribution in [2.24, 2.45) is 0 Å². The maximum atomic E-state index is 10.9. The number of fused-ring (bicyclic) bond motifs is 2. The summed E-state index contributed by atoms with van der Waals surface area (Å²) < 4.78 is 11.6. The van der Waals surface area contributed by atoms with Crippen molar-refractivity contribution in [2.75, 3.05) is 40.4 Å². The number of rotatable bonds is 5. The molecule has 150 valence electrons. The molecular formula is C23H30N2O3. The van der Waals surface area contributed by atoms with Crippen molar-refractivity contribution in [3.8, 4) is 11.5 Å². The zero-order valence-electron chi connectivity index (χ0n) is 17.1. The quantitative estimate of drug-likeness (QED) is 0.862. The van der Waals surface area contributed by atoms with Gasteiger partial charge in [0, 0.05) is 38.2 Å². The molecule has 0 spiro atoms. The number of nitrogens with zero attached hydrogens (tertiary/aromatic N) is 2. The number of likely N-dealkylation sites (N-methyl/N-ethyl adjacent to an activating group) is 1. The molecule has 0 fully saturated rings. The van der Waals surface area contributed by atoms with Crippen LogP contribution in [0.1, 0.15) is 29.2 Å².